The van der Waals surface area contributed by atoms with Gasteiger partial charge in [0.15, 0.2) is 0 Å². The highest BCUT2D eigenvalue weighted by Crippen LogP contribution is 2.47. The lowest BCUT2D eigenvalue weighted by Gasteiger charge is -2.18. The number of hydrogen-bond acceptors (Lipinski definition) is 4. The maximum Gasteiger partial charge on any atom is 0.221 e. The Morgan fingerprint density at radius 3 is 1.27 bits per heavy atom. The second kappa shape index (κ2) is 8.64. The minimum atomic E-state index is -0.0868. The summed E-state index contributed by atoms with van der Waals surface area (Å²) in [5.74, 6) is -0.174. The minimum Gasteiger partial charge on any atom is -0.325 e. The van der Waals surface area contributed by atoms with E-state index in [-0.39, 0.29) is 11.8 Å². The summed E-state index contributed by atoms with van der Waals surface area (Å²) < 4.78 is 0. The van der Waals surface area contributed by atoms with Crippen molar-refractivity contribution in [3.8, 4) is 0 Å². The average molecular weight is 389 g/mol. The molecule has 0 aliphatic carbocycles. The van der Waals surface area contributed by atoms with E-state index in [0.717, 1.165) is 43.4 Å². The van der Waals surface area contributed by atoms with Crippen molar-refractivity contribution in [3.05, 3.63) is 46.5 Å². The lowest BCUT2D eigenvalue weighted by Crippen LogP contribution is -2.09. The van der Waals surface area contributed by atoms with E-state index >= 15 is 0 Å². The standard InChI is InChI=1S/C20H24N2O2S2/c1-11-7-9-13(3)19(17(11)21-15(5)23)25-26-20-14(4)10-8-12(2)18(20)22-16(6)24/h7-10H,1-6H3,(H,21,23)(H,22,24). The number of hydrogen-bond donors (Lipinski definition) is 2. The lowest BCUT2D eigenvalue weighted by atomic mass is 10.1. The number of nitrogens with one attached hydrogen (secondary N) is 2. The van der Waals surface area contributed by atoms with Crippen LogP contribution < -0.4 is 10.6 Å². The van der Waals surface area contributed by atoms with Crippen molar-refractivity contribution in [2.75, 3.05) is 10.6 Å². The quantitative estimate of drug-likeness (QED) is 0.651. The highest BCUT2D eigenvalue weighted by Gasteiger charge is 2.16. The number of anilines is 2. The highest BCUT2D eigenvalue weighted by molar-refractivity contribution is 8.76. The Labute approximate surface area is 162 Å². The van der Waals surface area contributed by atoms with Crippen LogP contribution in [0.5, 0.6) is 0 Å². The molecule has 138 valence electrons. The van der Waals surface area contributed by atoms with Gasteiger partial charge < -0.3 is 10.6 Å². The van der Waals surface area contributed by atoms with Crippen molar-refractivity contribution in [1.82, 2.24) is 0 Å². The molecular formula is C20H24N2O2S2. The third-order valence-corrected chi connectivity index (χ3v) is 6.66. The Morgan fingerprint density at radius 2 is 0.962 bits per heavy atom. The van der Waals surface area contributed by atoms with E-state index in [1.54, 1.807) is 21.6 Å². The van der Waals surface area contributed by atoms with Gasteiger partial charge in [0.25, 0.3) is 0 Å². The van der Waals surface area contributed by atoms with Gasteiger partial charge in [-0.15, -0.1) is 0 Å². The smallest absolute Gasteiger partial charge is 0.221 e. The van der Waals surface area contributed by atoms with Gasteiger partial charge in [-0.3, -0.25) is 9.59 Å². The first-order valence-corrected chi connectivity index (χ1v) is 10.5. The summed E-state index contributed by atoms with van der Waals surface area (Å²) in [7, 11) is 3.20. The Morgan fingerprint density at radius 1 is 0.654 bits per heavy atom. The largest absolute Gasteiger partial charge is 0.325 e. The molecule has 0 bridgehead atoms. The molecule has 2 rings (SSSR count). The van der Waals surface area contributed by atoms with Crippen molar-refractivity contribution in [2.24, 2.45) is 0 Å². The van der Waals surface area contributed by atoms with E-state index in [4.69, 9.17) is 0 Å². The maximum atomic E-state index is 11.6. The highest BCUT2D eigenvalue weighted by atomic mass is 33.1. The molecule has 4 nitrogen and oxygen atoms in total. The molecule has 0 heterocycles. The van der Waals surface area contributed by atoms with E-state index in [0.29, 0.717) is 0 Å². The number of benzene rings is 2. The summed E-state index contributed by atoms with van der Waals surface area (Å²) in [5.41, 5.74) is 5.95. The first-order valence-electron chi connectivity index (χ1n) is 8.30. The lowest BCUT2D eigenvalue weighted by molar-refractivity contribution is -0.115. The van der Waals surface area contributed by atoms with Crippen LogP contribution in [0, 0.1) is 27.7 Å². The Hall–Kier alpha value is -1.92. The molecule has 2 aromatic carbocycles. The van der Waals surface area contributed by atoms with Gasteiger partial charge in [-0.1, -0.05) is 24.3 Å². The van der Waals surface area contributed by atoms with Crippen molar-refractivity contribution < 1.29 is 9.59 Å². The number of amides is 2. The van der Waals surface area contributed by atoms with Gasteiger partial charge in [-0.2, -0.15) is 0 Å². The summed E-state index contributed by atoms with van der Waals surface area (Å²) in [6.45, 7) is 11.1. The number of carbonyl (C=O) groups is 2. The molecule has 0 aliphatic rings. The zero-order chi connectivity index (χ0) is 19.4. The number of carbonyl (C=O) groups excluding carboxylic acids is 2. The molecule has 26 heavy (non-hydrogen) atoms. The fourth-order valence-electron chi connectivity index (χ4n) is 2.53. The Bertz CT molecular complexity index is 792. The summed E-state index contributed by atoms with van der Waals surface area (Å²) >= 11 is 0. The second-order valence-corrected chi connectivity index (χ2v) is 8.49. The van der Waals surface area contributed by atoms with Crippen LogP contribution in [-0.4, -0.2) is 11.8 Å². The van der Waals surface area contributed by atoms with E-state index < -0.39 is 0 Å². The third-order valence-electron chi connectivity index (χ3n) is 3.94. The van der Waals surface area contributed by atoms with Gasteiger partial charge >= 0.3 is 0 Å². The van der Waals surface area contributed by atoms with Crippen molar-refractivity contribution >= 4 is 44.8 Å². The zero-order valence-corrected chi connectivity index (χ0v) is 17.6. The topological polar surface area (TPSA) is 58.2 Å². The fourth-order valence-corrected chi connectivity index (χ4v) is 5.48. The predicted octanol–water partition coefficient (Wildman–Crippen LogP) is 5.64. The van der Waals surface area contributed by atoms with E-state index in [1.807, 2.05) is 39.8 Å². The van der Waals surface area contributed by atoms with Crippen LogP contribution in [-0.2, 0) is 9.59 Å². The molecular weight excluding hydrogens is 364 g/mol. The molecule has 2 aromatic rings. The minimum absolute atomic E-state index is 0.0868. The predicted molar refractivity (Wildman–Crippen MR) is 112 cm³/mol. The molecule has 0 radical (unpaired) electrons. The molecule has 0 aliphatic heterocycles. The van der Waals surface area contributed by atoms with Crippen LogP contribution in [0.1, 0.15) is 36.1 Å². The maximum absolute atomic E-state index is 11.6. The van der Waals surface area contributed by atoms with E-state index in [2.05, 4.69) is 22.8 Å². The van der Waals surface area contributed by atoms with Gasteiger partial charge in [0.2, 0.25) is 11.8 Å². The Kier molecular flexibility index (Phi) is 6.78. The molecule has 0 unspecified atom stereocenters. The van der Waals surface area contributed by atoms with Gasteiger partial charge in [-0.25, -0.2) is 0 Å². The van der Waals surface area contributed by atoms with Gasteiger partial charge in [0, 0.05) is 23.6 Å². The van der Waals surface area contributed by atoms with E-state index in [1.165, 1.54) is 13.8 Å². The molecule has 2 N–H and O–H groups in total. The molecule has 0 saturated carbocycles. The van der Waals surface area contributed by atoms with Gasteiger partial charge in [0.1, 0.15) is 0 Å². The number of rotatable bonds is 5. The Balaban J connectivity index is 2.41. The fraction of sp³-hybridized carbons (Fsp3) is 0.300. The van der Waals surface area contributed by atoms with Crippen molar-refractivity contribution in [2.45, 2.75) is 51.3 Å². The van der Waals surface area contributed by atoms with Crippen LogP contribution in [0.3, 0.4) is 0 Å². The summed E-state index contributed by atoms with van der Waals surface area (Å²) in [5, 5.41) is 5.90. The van der Waals surface area contributed by atoms with Crippen LogP contribution in [0.4, 0.5) is 11.4 Å². The molecule has 2 amide bonds. The summed E-state index contributed by atoms with van der Waals surface area (Å²) in [4.78, 5) is 25.3. The third kappa shape index (κ3) is 4.83. The summed E-state index contributed by atoms with van der Waals surface area (Å²) in [6.07, 6.45) is 0. The van der Waals surface area contributed by atoms with Crippen molar-refractivity contribution in [3.63, 3.8) is 0 Å². The molecule has 6 heteroatoms. The van der Waals surface area contributed by atoms with Gasteiger partial charge in [0.05, 0.1) is 11.4 Å². The van der Waals surface area contributed by atoms with E-state index in [9.17, 15) is 9.59 Å². The monoisotopic (exact) mass is 388 g/mol. The first kappa shape index (κ1) is 20.4. The molecule has 0 atom stereocenters. The van der Waals surface area contributed by atoms with Crippen LogP contribution >= 0.6 is 21.6 Å². The second-order valence-electron chi connectivity index (χ2n) is 6.34. The molecule has 0 aromatic heterocycles. The van der Waals surface area contributed by atoms with Gasteiger partial charge in [-0.05, 0) is 71.5 Å². The SMILES string of the molecule is CC(=O)Nc1c(C)ccc(C)c1SSc1c(C)ccc(C)c1NC(C)=O. The first-order chi connectivity index (χ1) is 12.2. The molecule has 0 fully saturated rings. The van der Waals surface area contributed by atoms with Crippen molar-refractivity contribution in [1.29, 1.82) is 0 Å². The molecule has 0 spiro atoms. The average Bonchev–Trinajstić information content (AvgIpc) is 2.55. The number of aryl methyl sites for hydroxylation is 4. The molecule has 0 saturated heterocycles. The van der Waals surface area contributed by atoms with Crippen LogP contribution in [0.2, 0.25) is 0 Å². The normalized spacial score (nSPS) is 10.5. The van der Waals surface area contributed by atoms with Crippen LogP contribution in [0.15, 0.2) is 34.1 Å². The van der Waals surface area contributed by atoms with Crippen LogP contribution in [0.25, 0.3) is 0 Å². The summed E-state index contributed by atoms with van der Waals surface area (Å²) in [6, 6.07) is 8.13. The zero-order valence-electron chi connectivity index (χ0n) is 15.9.